The third-order valence-corrected chi connectivity index (χ3v) is 2.45. The van der Waals surface area contributed by atoms with E-state index in [1.807, 2.05) is 13.8 Å². The monoisotopic (exact) mass is 229 g/mol. The number of H-pyrrole nitrogens is 1. The number of nitrogens with zero attached hydrogens (tertiary/aromatic N) is 1. The van der Waals surface area contributed by atoms with Crippen LogP contribution in [0.2, 0.25) is 0 Å². The number of hydrogen-bond donors (Lipinski definition) is 2. The van der Waals surface area contributed by atoms with Gasteiger partial charge in [-0.1, -0.05) is 0 Å². The molecule has 0 aliphatic heterocycles. The van der Waals surface area contributed by atoms with Crippen molar-refractivity contribution in [1.29, 1.82) is 0 Å². The fraction of sp³-hybridized carbons (Fsp3) is 0.600. The largest absolute Gasteiger partial charge is 0.323 e. The summed E-state index contributed by atoms with van der Waals surface area (Å²) in [6.07, 6.45) is 2.21. The van der Waals surface area contributed by atoms with Crippen molar-refractivity contribution in [3.8, 4) is 0 Å². The van der Waals surface area contributed by atoms with Crippen LogP contribution in [0.4, 0.5) is 5.69 Å². The van der Waals surface area contributed by atoms with E-state index in [0.717, 1.165) is 29.9 Å². The lowest BCUT2D eigenvalue weighted by molar-refractivity contribution is -0.116. The fourth-order valence-corrected chi connectivity index (χ4v) is 1.51. The molecule has 15 heavy (non-hydrogen) atoms. The maximum absolute atomic E-state index is 11.5. The zero-order chi connectivity index (χ0) is 11.3. The lowest BCUT2D eigenvalue weighted by atomic mass is 10.2. The molecule has 0 aromatic carbocycles. The number of amides is 1. The van der Waals surface area contributed by atoms with Crippen LogP contribution in [0.3, 0.4) is 0 Å². The Morgan fingerprint density at radius 2 is 2.20 bits per heavy atom. The number of rotatable bonds is 5. The van der Waals surface area contributed by atoms with Crippen LogP contribution in [0.25, 0.3) is 0 Å². The van der Waals surface area contributed by atoms with Crippen LogP contribution < -0.4 is 5.32 Å². The van der Waals surface area contributed by atoms with Crippen molar-refractivity contribution >= 4 is 23.2 Å². The molecular weight excluding hydrogens is 214 g/mol. The Morgan fingerprint density at radius 3 is 2.73 bits per heavy atom. The summed E-state index contributed by atoms with van der Waals surface area (Å²) in [7, 11) is 0. The van der Waals surface area contributed by atoms with Crippen molar-refractivity contribution < 1.29 is 4.79 Å². The highest BCUT2D eigenvalue weighted by molar-refractivity contribution is 6.17. The first kappa shape index (κ1) is 12.0. The predicted octanol–water partition coefficient (Wildman–Crippen LogP) is 2.37. The molecular formula is C10H16ClN3O. The summed E-state index contributed by atoms with van der Waals surface area (Å²) in [4.78, 5) is 11.5. The van der Waals surface area contributed by atoms with E-state index in [4.69, 9.17) is 11.6 Å². The molecule has 0 saturated carbocycles. The van der Waals surface area contributed by atoms with E-state index in [1.165, 1.54) is 0 Å². The number of hydrogen-bond acceptors (Lipinski definition) is 2. The number of alkyl halides is 1. The van der Waals surface area contributed by atoms with Gasteiger partial charge in [0.1, 0.15) is 0 Å². The zero-order valence-electron chi connectivity index (χ0n) is 9.06. The van der Waals surface area contributed by atoms with E-state index in [-0.39, 0.29) is 5.91 Å². The van der Waals surface area contributed by atoms with E-state index in [1.54, 1.807) is 0 Å². The van der Waals surface area contributed by atoms with Gasteiger partial charge < -0.3 is 5.32 Å². The van der Waals surface area contributed by atoms with Crippen LogP contribution in [0.15, 0.2) is 0 Å². The molecule has 1 heterocycles. The SMILES string of the molecule is Cc1n[nH]c(C)c1NC(=O)CCCCCl. The number of carbonyl (C=O) groups is 1. The number of halogens is 1. The quantitative estimate of drug-likeness (QED) is 0.602. The topological polar surface area (TPSA) is 57.8 Å². The molecule has 2 N–H and O–H groups in total. The lowest BCUT2D eigenvalue weighted by Gasteiger charge is -2.04. The van der Waals surface area contributed by atoms with Crippen LogP contribution in [-0.2, 0) is 4.79 Å². The smallest absolute Gasteiger partial charge is 0.224 e. The van der Waals surface area contributed by atoms with Crippen LogP contribution in [-0.4, -0.2) is 22.0 Å². The van der Waals surface area contributed by atoms with Gasteiger partial charge in [-0.05, 0) is 26.7 Å². The van der Waals surface area contributed by atoms with Crippen LogP contribution in [0.5, 0.6) is 0 Å². The second-order valence-electron chi connectivity index (χ2n) is 3.50. The Morgan fingerprint density at radius 1 is 1.47 bits per heavy atom. The second kappa shape index (κ2) is 5.75. The Kier molecular flexibility index (Phi) is 4.62. The molecule has 1 aromatic heterocycles. The molecule has 4 nitrogen and oxygen atoms in total. The van der Waals surface area contributed by atoms with Crippen molar-refractivity contribution in [1.82, 2.24) is 10.2 Å². The van der Waals surface area contributed by atoms with Crippen molar-refractivity contribution in [2.75, 3.05) is 11.2 Å². The number of anilines is 1. The van der Waals surface area contributed by atoms with Gasteiger partial charge >= 0.3 is 0 Å². The Balaban J connectivity index is 2.44. The molecule has 0 spiro atoms. The average molecular weight is 230 g/mol. The summed E-state index contributed by atoms with van der Waals surface area (Å²) >= 11 is 5.53. The Bertz CT molecular complexity index is 316. The number of aromatic amines is 1. The molecule has 0 unspecified atom stereocenters. The van der Waals surface area contributed by atoms with Gasteiger partial charge in [0.05, 0.1) is 17.1 Å². The van der Waals surface area contributed by atoms with Gasteiger partial charge in [-0.2, -0.15) is 5.10 Å². The minimum absolute atomic E-state index is 0.0210. The number of nitrogens with one attached hydrogen (secondary N) is 2. The van der Waals surface area contributed by atoms with Crippen molar-refractivity contribution in [2.45, 2.75) is 33.1 Å². The first-order valence-electron chi connectivity index (χ1n) is 5.02. The van der Waals surface area contributed by atoms with Gasteiger partial charge in [-0.25, -0.2) is 0 Å². The molecule has 0 atom stereocenters. The zero-order valence-corrected chi connectivity index (χ0v) is 9.82. The molecule has 1 rings (SSSR count). The molecule has 1 amide bonds. The highest BCUT2D eigenvalue weighted by Gasteiger charge is 2.09. The van der Waals surface area contributed by atoms with Crippen molar-refractivity contribution in [3.05, 3.63) is 11.4 Å². The summed E-state index contributed by atoms with van der Waals surface area (Å²) in [6, 6.07) is 0. The Hall–Kier alpha value is -1.03. The number of carbonyl (C=O) groups excluding carboxylic acids is 1. The third-order valence-electron chi connectivity index (χ3n) is 2.18. The summed E-state index contributed by atoms with van der Waals surface area (Å²) in [5, 5.41) is 9.67. The normalized spacial score (nSPS) is 10.3. The molecule has 0 aliphatic rings. The number of unbranched alkanes of at least 4 members (excludes halogenated alkanes) is 1. The molecule has 0 radical (unpaired) electrons. The minimum atomic E-state index is 0.0210. The first-order valence-corrected chi connectivity index (χ1v) is 5.56. The number of aryl methyl sites for hydroxylation is 2. The predicted molar refractivity (Wildman–Crippen MR) is 61.3 cm³/mol. The fourth-order valence-electron chi connectivity index (χ4n) is 1.32. The summed E-state index contributed by atoms with van der Waals surface area (Å²) in [5.74, 6) is 0.629. The van der Waals surface area contributed by atoms with Crippen LogP contribution >= 0.6 is 11.6 Å². The van der Waals surface area contributed by atoms with Crippen LogP contribution in [0, 0.1) is 13.8 Å². The van der Waals surface area contributed by atoms with E-state index >= 15 is 0 Å². The van der Waals surface area contributed by atoms with Gasteiger partial charge in [-0.3, -0.25) is 9.89 Å². The molecule has 0 bridgehead atoms. The van der Waals surface area contributed by atoms with Crippen molar-refractivity contribution in [2.24, 2.45) is 0 Å². The van der Waals surface area contributed by atoms with E-state index < -0.39 is 0 Å². The molecule has 0 fully saturated rings. The van der Waals surface area contributed by atoms with E-state index in [9.17, 15) is 4.79 Å². The van der Waals surface area contributed by atoms with Gasteiger partial charge in [-0.15, -0.1) is 11.6 Å². The third kappa shape index (κ3) is 3.55. The standard InChI is InChI=1S/C10H16ClN3O/c1-7-10(8(2)14-13-7)12-9(15)5-3-4-6-11/h3-6H2,1-2H3,(H,12,15)(H,13,14). The van der Waals surface area contributed by atoms with Crippen molar-refractivity contribution in [3.63, 3.8) is 0 Å². The first-order chi connectivity index (χ1) is 7.15. The van der Waals surface area contributed by atoms with E-state index in [2.05, 4.69) is 15.5 Å². The maximum Gasteiger partial charge on any atom is 0.224 e. The molecule has 0 saturated heterocycles. The highest BCUT2D eigenvalue weighted by Crippen LogP contribution is 2.16. The van der Waals surface area contributed by atoms with Gasteiger partial charge in [0.25, 0.3) is 0 Å². The maximum atomic E-state index is 11.5. The molecule has 1 aromatic rings. The summed E-state index contributed by atoms with van der Waals surface area (Å²) < 4.78 is 0. The summed E-state index contributed by atoms with van der Waals surface area (Å²) in [6.45, 7) is 3.74. The van der Waals surface area contributed by atoms with E-state index in [0.29, 0.717) is 12.3 Å². The lowest BCUT2D eigenvalue weighted by Crippen LogP contribution is -2.12. The molecule has 0 aliphatic carbocycles. The van der Waals surface area contributed by atoms with Gasteiger partial charge in [0.15, 0.2) is 0 Å². The molecule has 84 valence electrons. The number of aromatic nitrogens is 2. The van der Waals surface area contributed by atoms with Gasteiger partial charge in [0, 0.05) is 12.3 Å². The molecule has 5 heteroatoms. The average Bonchev–Trinajstić information content (AvgIpc) is 2.50. The van der Waals surface area contributed by atoms with Crippen LogP contribution in [0.1, 0.15) is 30.7 Å². The highest BCUT2D eigenvalue weighted by atomic mass is 35.5. The minimum Gasteiger partial charge on any atom is -0.323 e. The summed E-state index contributed by atoms with van der Waals surface area (Å²) in [5.41, 5.74) is 2.50. The Labute approximate surface area is 94.4 Å². The second-order valence-corrected chi connectivity index (χ2v) is 3.88. The van der Waals surface area contributed by atoms with Gasteiger partial charge in [0.2, 0.25) is 5.91 Å².